The Morgan fingerprint density at radius 2 is 1.85 bits per heavy atom. The number of rotatable bonds is 6. The Morgan fingerprint density at radius 1 is 1.15 bits per heavy atom. The van der Waals surface area contributed by atoms with Gasteiger partial charge in [0, 0.05) is 38.1 Å². The Labute approximate surface area is 162 Å². The highest BCUT2D eigenvalue weighted by Gasteiger charge is 2.57. The van der Waals surface area contributed by atoms with E-state index in [2.05, 4.69) is 37.6 Å². The maximum atomic E-state index is 13.5. The molecule has 6 nitrogen and oxygen atoms in total. The molecule has 0 N–H and O–H groups in total. The first kappa shape index (κ1) is 19.8. The first-order valence-corrected chi connectivity index (χ1v) is 10.1. The molecule has 2 aliphatic rings. The lowest BCUT2D eigenvalue weighted by molar-refractivity contribution is -0.136. The molecule has 6 heteroatoms. The van der Waals surface area contributed by atoms with Crippen LogP contribution in [0, 0.1) is 5.92 Å². The second kappa shape index (κ2) is 7.97. The number of hydrogen-bond donors (Lipinski definition) is 0. The van der Waals surface area contributed by atoms with E-state index < -0.39 is 5.54 Å². The van der Waals surface area contributed by atoms with E-state index in [-0.39, 0.29) is 11.9 Å². The minimum atomic E-state index is -0.667. The number of amides is 3. The molecule has 0 bridgehead atoms. The lowest BCUT2D eigenvalue weighted by Crippen LogP contribution is -2.57. The predicted molar refractivity (Wildman–Crippen MR) is 105 cm³/mol. The molecule has 148 valence electrons. The average Bonchev–Trinajstić information content (AvgIpc) is 2.83. The topological polar surface area (TPSA) is 56.8 Å². The number of aromatic nitrogens is 1. The van der Waals surface area contributed by atoms with Gasteiger partial charge in [-0.1, -0.05) is 19.9 Å². The van der Waals surface area contributed by atoms with Crippen LogP contribution in [-0.2, 0) is 11.3 Å². The van der Waals surface area contributed by atoms with E-state index in [0.29, 0.717) is 25.0 Å². The molecule has 0 radical (unpaired) electrons. The highest BCUT2D eigenvalue weighted by atomic mass is 16.2. The summed E-state index contributed by atoms with van der Waals surface area (Å²) >= 11 is 0. The highest BCUT2D eigenvalue weighted by molar-refractivity contribution is 6.07. The molecule has 0 aliphatic carbocycles. The summed E-state index contributed by atoms with van der Waals surface area (Å²) in [6, 6.07) is 4.08. The third kappa shape index (κ3) is 3.86. The monoisotopic (exact) mass is 372 g/mol. The fourth-order valence-corrected chi connectivity index (χ4v) is 4.19. The van der Waals surface area contributed by atoms with Gasteiger partial charge >= 0.3 is 6.03 Å². The van der Waals surface area contributed by atoms with E-state index >= 15 is 0 Å². The zero-order chi connectivity index (χ0) is 19.6. The molecule has 1 aromatic rings. The SMILES string of the molecule is CC(C)CCN1C(=O)N(Cc2cccnc2)C(=O)C12CCN(C(C)C)CC2. The van der Waals surface area contributed by atoms with E-state index in [1.807, 2.05) is 17.0 Å². The third-order valence-electron chi connectivity index (χ3n) is 5.97. The molecule has 2 aliphatic heterocycles. The predicted octanol–water partition coefficient (Wildman–Crippen LogP) is 3.13. The minimum absolute atomic E-state index is 0.0245. The van der Waals surface area contributed by atoms with Gasteiger partial charge in [0.05, 0.1) is 6.54 Å². The number of piperidine rings is 1. The average molecular weight is 373 g/mol. The Bertz CT molecular complexity index is 666. The Balaban J connectivity index is 1.84. The van der Waals surface area contributed by atoms with E-state index in [0.717, 1.165) is 37.9 Å². The molecule has 0 aromatic carbocycles. The zero-order valence-electron chi connectivity index (χ0n) is 17.0. The van der Waals surface area contributed by atoms with E-state index in [4.69, 9.17) is 0 Å². The standard InChI is InChI=1S/C21H32N4O2/c1-16(2)7-11-25-20(27)24(15-18-6-5-10-22-14-18)19(26)21(25)8-12-23(13-9-21)17(3)4/h5-6,10,14,16-17H,7-9,11-13,15H2,1-4H3. The second-order valence-electron chi connectivity index (χ2n) is 8.53. The summed E-state index contributed by atoms with van der Waals surface area (Å²) in [7, 11) is 0. The second-order valence-corrected chi connectivity index (χ2v) is 8.53. The van der Waals surface area contributed by atoms with Crippen LogP contribution >= 0.6 is 0 Å². The van der Waals surface area contributed by atoms with Crippen molar-refractivity contribution >= 4 is 11.9 Å². The Kier molecular flexibility index (Phi) is 5.84. The van der Waals surface area contributed by atoms with Crippen LogP contribution in [0.3, 0.4) is 0 Å². The van der Waals surface area contributed by atoms with Gasteiger partial charge in [0.15, 0.2) is 0 Å². The lowest BCUT2D eigenvalue weighted by atomic mass is 9.85. The summed E-state index contributed by atoms with van der Waals surface area (Å²) in [5.74, 6) is 0.469. The van der Waals surface area contributed by atoms with Crippen molar-refractivity contribution in [2.24, 2.45) is 5.92 Å². The van der Waals surface area contributed by atoms with Gasteiger partial charge in [-0.25, -0.2) is 4.79 Å². The number of likely N-dealkylation sites (tertiary alicyclic amines) is 1. The van der Waals surface area contributed by atoms with Crippen LogP contribution in [0.15, 0.2) is 24.5 Å². The van der Waals surface area contributed by atoms with E-state index in [9.17, 15) is 9.59 Å². The van der Waals surface area contributed by atoms with E-state index in [1.165, 1.54) is 4.90 Å². The van der Waals surface area contributed by atoms with E-state index in [1.54, 1.807) is 12.4 Å². The highest BCUT2D eigenvalue weighted by Crippen LogP contribution is 2.38. The number of hydrogen-bond acceptors (Lipinski definition) is 4. The maximum Gasteiger partial charge on any atom is 0.327 e. The number of nitrogens with zero attached hydrogens (tertiary/aromatic N) is 4. The van der Waals surface area contributed by atoms with Crippen molar-refractivity contribution in [3.8, 4) is 0 Å². The van der Waals surface area contributed by atoms with Crippen molar-refractivity contribution in [2.75, 3.05) is 19.6 Å². The molecule has 3 amide bonds. The number of pyridine rings is 1. The number of imide groups is 1. The van der Waals surface area contributed by atoms with Gasteiger partial charge < -0.3 is 9.80 Å². The van der Waals surface area contributed by atoms with Gasteiger partial charge in [0.25, 0.3) is 5.91 Å². The summed E-state index contributed by atoms with van der Waals surface area (Å²) in [5, 5.41) is 0. The minimum Gasteiger partial charge on any atom is -0.309 e. The number of carbonyl (C=O) groups is 2. The quantitative estimate of drug-likeness (QED) is 0.720. The number of urea groups is 1. The molecule has 1 spiro atoms. The Morgan fingerprint density at radius 3 is 2.41 bits per heavy atom. The Hall–Kier alpha value is -1.95. The first-order valence-electron chi connectivity index (χ1n) is 10.1. The van der Waals surface area contributed by atoms with Crippen molar-refractivity contribution in [3.05, 3.63) is 30.1 Å². The van der Waals surface area contributed by atoms with Gasteiger partial charge in [0.2, 0.25) is 0 Å². The molecule has 2 fully saturated rings. The molecule has 1 aromatic heterocycles. The van der Waals surface area contributed by atoms with Crippen LogP contribution in [0.5, 0.6) is 0 Å². The van der Waals surface area contributed by atoms with Gasteiger partial charge in [-0.3, -0.25) is 14.7 Å². The summed E-state index contributed by atoms with van der Waals surface area (Å²) in [6.45, 7) is 11.3. The third-order valence-corrected chi connectivity index (χ3v) is 5.97. The molecular formula is C21H32N4O2. The smallest absolute Gasteiger partial charge is 0.309 e. The fraction of sp³-hybridized carbons (Fsp3) is 0.667. The van der Waals surface area contributed by atoms with Crippen LogP contribution in [0.4, 0.5) is 4.79 Å². The van der Waals surface area contributed by atoms with Gasteiger partial charge in [0.1, 0.15) is 5.54 Å². The normalized spacial score (nSPS) is 20.5. The molecular weight excluding hydrogens is 340 g/mol. The first-order chi connectivity index (χ1) is 12.8. The molecule has 2 saturated heterocycles. The van der Waals surface area contributed by atoms with Crippen LogP contribution in [0.1, 0.15) is 52.5 Å². The van der Waals surface area contributed by atoms with Crippen LogP contribution < -0.4 is 0 Å². The molecule has 3 heterocycles. The summed E-state index contributed by atoms with van der Waals surface area (Å²) in [4.78, 5) is 36.5. The van der Waals surface area contributed by atoms with Crippen molar-refractivity contribution in [1.82, 2.24) is 19.7 Å². The zero-order valence-corrected chi connectivity index (χ0v) is 17.0. The van der Waals surface area contributed by atoms with Crippen molar-refractivity contribution in [1.29, 1.82) is 0 Å². The fourth-order valence-electron chi connectivity index (χ4n) is 4.19. The summed E-state index contributed by atoms with van der Waals surface area (Å²) in [6.07, 6.45) is 5.78. The van der Waals surface area contributed by atoms with Crippen molar-refractivity contribution < 1.29 is 9.59 Å². The molecule has 0 saturated carbocycles. The van der Waals surface area contributed by atoms with Gasteiger partial charge in [-0.05, 0) is 50.7 Å². The van der Waals surface area contributed by atoms with Crippen molar-refractivity contribution in [3.63, 3.8) is 0 Å². The molecule has 3 rings (SSSR count). The van der Waals surface area contributed by atoms with Gasteiger partial charge in [-0.2, -0.15) is 0 Å². The van der Waals surface area contributed by atoms with Crippen LogP contribution in [0.2, 0.25) is 0 Å². The molecule has 27 heavy (non-hydrogen) atoms. The van der Waals surface area contributed by atoms with Crippen LogP contribution in [-0.4, -0.2) is 62.8 Å². The largest absolute Gasteiger partial charge is 0.327 e. The maximum absolute atomic E-state index is 13.5. The summed E-state index contributed by atoms with van der Waals surface area (Å²) < 4.78 is 0. The molecule has 0 unspecified atom stereocenters. The molecule has 0 atom stereocenters. The van der Waals surface area contributed by atoms with Gasteiger partial charge in [-0.15, -0.1) is 0 Å². The number of carbonyl (C=O) groups excluding carboxylic acids is 2. The lowest BCUT2D eigenvalue weighted by Gasteiger charge is -2.43. The van der Waals surface area contributed by atoms with Crippen LogP contribution in [0.25, 0.3) is 0 Å². The van der Waals surface area contributed by atoms with Crippen molar-refractivity contribution in [2.45, 2.75) is 65.1 Å². The summed E-state index contributed by atoms with van der Waals surface area (Å²) in [5.41, 5.74) is 0.221.